The van der Waals surface area contributed by atoms with E-state index in [0.29, 0.717) is 0 Å². The molecule has 0 fully saturated rings. The van der Waals surface area contributed by atoms with Gasteiger partial charge in [0.1, 0.15) is 0 Å². The summed E-state index contributed by atoms with van der Waals surface area (Å²) in [7, 11) is 0. The molecule has 0 spiro atoms. The van der Waals surface area contributed by atoms with Gasteiger partial charge in [0.05, 0.1) is 5.92 Å². The third-order valence-electron chi connectivity index (χ3n) is 2.92. The number of carbonyl (C=O) groups is 1. The van der Waals surface area contributed by atoms with E-state index in [4.69, 9.17) is 0 Å². The van der Waals surface area contributed by atoms with Crippen LogP contribution in [0.25, 0.3) is 0 Å². The number of halogens is 5. The van der Waals surface area contributed by atoms with Crippen molar-refractivity contribution in [3.63, 3.8) is 0 Å². The average molecular weight is 402 g/mol. The van der Waals surface area contributed by atoms with Crippen LogP contribution in [0.2, 0.25) is 0 Å². The molecule has 1 aromatic carbocycles. The van der Waals surface area contributed by atoms with Gasteiger partial charge in [0.15, 0.2) is 23.3 Å². The third kappa shape index (κ3) is 3.13. The van der Waals surface area contributed by atoms with Crippen LogP contribution in [-0.2, 0) is 4.79 Å². The molecule has 20 heavy (non-hydrogen) atoms. The number of hydrogen-bond acceptors (Lipinski definition) is 1. The highest BCUT2D eigenvalue weighted by molar-refractivity contribution is 14.1. The monoisotopic (exact) mass is 402 g/mol. The standard InChI is InChI=1S/C13H11F4IO2/c1-13(2,3-4-18)9(12(19)20)8-10(16)6(14)5-7(15)11(8)17/h3-5,9H,1-2H3,(H,19,20). The second kappa shape index (κ2) is 6.11. The van der Waals surface area contributed by atoms with Gasteiger partial charge in [-0.05, 0) is 4.08 Å². The lowest BCUT2D eigenvalue weighted by Gasteiger charge is -2.29. The zero-order valence-electron chi connectivity index (χ0n) is 10.6. The minimum atomic E-state index is -1.77. The molecular formula is C13H11F4IO2. The van der Waals surface area contributed by atoms with Gasteiger partial charge in [-0.1, -0.05) is 42.5 Å². The second-order valence-electron chi connectivity index (χ2n) is 4.77. The van der Waals surface area contributed by atoms with Crippen molar-refractivity contribution in [1.82, 2.24) is 0 Å². The summed E-state index contributed by atoms with van der Waals surface area (Å²) in [6, 6.07) is 0.0498. The topological polar surface area (TPSA) is 37.3 Å². The molecule has 2 nitrogen and oxygen atoms in total. The number of carboxylic acid groups (broad SMARTS) is 1. The fourth-order valence-electron chi connectivity index (χ4n) is 1.92. The van der Waals surface area contributed by atoms with Crippen molar-refractivity contribution >= 4 is 28.6 Å². The Bertz CT molecular complexity index is 544. The summed E-state index contributed by atoms with van der Waals surface area (Å²) in [4.78, 5) is 11.3. The molecule has 7 heteroatoms. The molecule has 1 unspecified atom stereocenters. The first-order valence-electron chi connectivity index (χ1n) is 5.47. The minimum Gasteiger partial charge on any atom is -0.481 e. The molecule has 1 rings (SSSR count). The van der Waals surface area contributed by atoms with Crippen LogP contribution < -0.4 is 0 Å². The van der Waals surface area contributed by atoms with Crippen molar-refractivity contribution in [3.05, 3.63) is 45.1 Å². The van der Waals surface area contributed by atoms with E-state index in [9.17, 15) is 27.5 Å². The Hall–Kier alpha value is -1.12. The number of carboxylic acids is 1. The largest absolute Gasteiger partial charge is 0.481 e. The molecule has 1 aromatic rings. The first kappa shape index (κ1) is 16.9. The molecule has 110 valence electrons. The lowest BCUT2D eigenvalue weighted by Crippen LogP contribution is -2.29. The summed E-state index contributed by atoms with van der Waals surface area (Å²) < 4.78 is 55.4. The van der Waals surface area contributed by atoms with Crippen LogP contribution in [0.5, 0.6) is 0 Å². The van der Waals surface area contributed by atoms with Gasteiger partial charge in [-0.3, -0.25) is 4.79 Å². The molecule has 0 amide bonds. The summed E-state index contributed by atoms with van der Waals surface area (Å²) in [5, 5.41) is 9.21. The van der Waals surface area contributed by atoms with Gasteiger partial charge in [-0.2, -0.15) is 0 Å². The molecule has 0 saturated carbocycles. The Kier molecular flexibility index (Phi) is 5.17. The molecule has 0 saturated heterocycles. The zero-order chi connectivity index (χ0) is 15.7. The molecule has 0 radical (unpaired) electrons. The van der Waals surface area contributed by atoms with E-state index in [2.05, 4.69) is 0 Å². The van der Waals surface area contributed by atoms with Gasteiger partial charge in [-0.15, -0.1) is 0 Å². The van der Waals surface area contributed by atoms with Crippen LogP contribution in [0.1, 0.15) is 25.3 Å². The van der Waals surface area contributed by atoms with E-state index in [1.54, 1.807) is 0 Å². The summed E-state index contributed by atoms with van der Waals surface area (Å²) >= 11 is 1.81. The summed E-state index contributed by atoms with van der Waals surface area (Å²) in [5.41, 5.74) is -2.36. The maximum atomic E-state index is 13.8. The lowest BCUT2D eigenvalue weighted by molar-refractivity contribution is -0.141. The van der Waals surface area contributed by atoms with Crippen molar-refractivity contribution in [1.29, 1.82) is 0 Å². The summed E-state index contributed by atoms with van der Waals surface area (Å²) in [5.74, 6) is -9.97. The molecule has 0 aliphatic carbocycles. The van der Waals surface area contributed by atoms with E-state index in [1.165, 1.54) is 24.0 Å². The molecule has 0 aliphatic heterocycles. The Morgan fingerprint density at radius 2 is 1.70 bits per heavy atom. The fourth-order valence-corrected chi connectivity index (χ4v) is 2.84. The number of hydrogen-bond donors (Lipinski definition) is 1. The van der Waals surface area contributed by atoms with Gasteiger partial charge in [0.2, 0.25) is 0 Å². The van der Waals surface area contributed by atoms with Crippen LogP contribution in [0, 0.1) is 28.7 Å². The Morgan fingerprint density at radius 3 is 2.05 bits per heavy atom. The van der Waals surface area contributed by atoms with E-state index >= 15 is 0 Å². The quantitative estimate of drug-likeness (QED) is 0.461. The number of allylic oxidation sites excluding steroid dienone is 1. The summed E-state index contributed by atoms with van der Waals surface area (Å²) in [6.45, 7) is 2.81. The summed E-state index contributed by atoms with van der Waals surface area (Å²) in [6.07, 6.45) is 1.40. The molecular weight excluding hydrogens is 391 g/mol. The molecule has 1 N–H and O–H groups in total. The smallest absolute Gasteiger partial charge is 0.312 e. The van der Waals surface area contributed by atoms with Gasteiger partial charge < -0.3 is 5.11 Å². The normalized spacial score (nSPS) is 13.8. The van der Waals surface area contributed by atoms with Crippen LogP contribution in [0.3, 0.4) is 0 Å². The predicted octanol–water partition coefficient (Wildman–Crippen LogP) is 4.39. The van der Waals surface area contributed by atoms with Gasteiger partial charge in [0.25, 0.3) is 0 Å². The first-order valence-corrected chi connectivity index (χ1v) is 6.71. The second-order valence-corrected chi connectivity index (χ2v) is 5.49. The van der Waals surface area contributed by atoms with Crippen LogP contribution >= 0.6 is 22.6 Å². The minimum absolute atomic E-state index is 0.0498. The van der Waals surface area contributed by atoms with Crippen LogP contribution in [-0.4, -0.2) is 11.1 Å². The van der Waals surface area contributed by atoms with E-state index in [0.717, 1.165) is 0 Å². The maximum Gasteiger partial charge on any atom is 0.312 e. The Labute approximate surface area is 126 Å². The Morgan fingerprint density at radius 1 is 1.25 bits per heavy atom. The first-order chi connectivity index (χ1) is 9.13. The number of benzene rings is 1. The van der Waals surface area contributed by atoms with Crippen molar-refractivity contribution in [2.24, 2.45) is 5.41 Å². The highest BCUT2D eigenvalue weighted by Gasteiger charge is 2.40. The molecule has 0 aromatic heterocycles. The SMILES string of the molecule is CC(C)(C=CI)C(C(=O)O)c1c(F)c(F)cc(F)c1F. The zero-order valence-corrected chi connectivity index (χ0v) is 12.7. The highest BCUT2D eigenvalue weighted by Crippen LogP contribution is 2.40. The molecule has 1 atom stereocenters. The van der Waals surface area contributed by atoms with E-state index in [1.807, 2.05) is 22.6 Å². The highest BCUT2D eigenvalue weighted by atomic mass is 127. The van der Waals surface area contributed by atoms with E-state index < -0.39 is 46.1 Å². The fraction of sp³-hybridized carbons (Fsp3) is 0.308. The third-order valence-corrected chi connectivity index (χ3v) is 3.28. The van der Waals surface area contributed by atoms with Crippen LogP contribution in [0.15, 0.2) is 16.2 Å². The average Bonchev–Trinajstić information content (AvgIpc) is 2.31. The van der Waals surface area contributed by atoms with E-state index in [-0.39, 0.29) is 6.07 Å². The Balaban J connectivity index is 3.64. The van der Waals surface area contributed by atoms with Gasteiger partial charge >= 0.3 is 5.97 Å². The number of rotatable bonds is 4. The molecule has 0 aliphatic rings. The molecule has 0 heterocycles. The lowest BCUT2D eigenvalue weighted by atomic mass is 9.74. The molecule has 0 bridgehead atoms. The van der Waals surface area contributed by atoms with Gasteiger partial charge in [0, 0.05) is 17.0 Å². The van der Waals surface area contributed by atoms with Crippen molar-refractivity contribution < 1.29 is 27.5 Å². The van der Waals surface area contributed by atoms with Crippen LogP contribution in [0.4, 0.5) is 17.6 Å². The number of aliphatic carboxylic acids is 1. The van der Waals surface area contributed by atoms with Gasteiger partial charge in [-0.25, -0.2) is 17.6 Å². The van der Waals surface area contributed by atoms with Crippen molar-refractivity contribution in [3.8, 4) is 0 Å². The maximum absolute atomic E-state index is 13.8. The van der Waals surface area contributed by atoms with Crippen molar-refractivity contribution in [2.45, 2.75) is 19.8 Å². The predicted molar refractivity (Wildman–Crippen MR) is 73.6 cm³/mol. The van der Waals surface area contributed by atoms with Crippen molar-refractivity contribution in [2.75, 3.05) is 0 Å².